The Bertz CT molecular complexity index is 858. The van der Waals surface area contributed by atoms with Gasteiger partial charge in [0.2, 0.25) is 5.91 Å². The Morgan fingerprint density at radius 3 is 2.50 bits per heavy atom. The maximum Gasteiger partial charge on any atom is 0.250 e. The minimum atomic E-state index is -0.519. The van der Waals surface area contributed by atoms with E-state index < -0.39 is 5.91 Å². The van der Waals surface area contributed by atoms with Gasteiger partial charge in [-0.1, -0.05) is 30.3 Å². The number of nitrogens with two attached hydrogens (primary N) is 1. The van der Waals surface area contributed by atoms with Crippen LogP contribution in [-0.4, -0.2) is 15.5 Å². The van der Waals surface area contributed by atoms with E-state index in [-0.39, 0.29) is 0 Å². The molecule has 1 amide bonds. The fourth-order valence-electron chi connectivity index (χ4n) is 2.21. The summed E-state index contributed by atoms with van der Waals surface area (Å²) < 4.78 is 1.76. The molecule has 3 aromatic rings. The largest absolute Gasteiger partial charge is 0.366 e. The minimum absolute atomic E-state index is 0.347. The highest BCUT2D eigenvalue weighted by Gasteiger charge is 2.10. The number of aromatic nitrogens is 2. The second-order valence-electron chi connectivity index (χ2n) is 4.74. The summed E-state index contributed by atoms with van der Waals surface area (Å²) in [6, 6.07) is 15.2. The number of carbonyl (C=O) groups excluding carboxylic acids is 1. The summed E-state index contributed by atoms with van der Waals surface area (Å²) in [6.45, 7) is 0. The van der Waals surface area contributed by atoms with E-state index in [9.17, 15) is 10.1 Å². The molecule has 1 aromatic carbocycles. The van der Waals surface area contributed by atoms with Gasteiger partial charge in [0.25, 0.3) is 0 Å². The van der Waals surface area contributed by atoms with Gasteiger partial charge in [-0.05, 0) is 17.7 Å². The molecule has 2 N–H and O–H groups in total. The van der Waals surface area contributed by atoms with Crippen LogP contribution in [0, 0.1) is 11.3 Å². The quantitative estimate of drug-likeness (QED) is 0.803. The molecule has 0 atom stereocenters. The standard InChI is InChI=1S/C17H12N4O/c18-8-14-10-21(11-15(14)12-4-2-1-3-5-12)16-7-6-13(9-20-16)17(19)22/h1-7,9-11H,(H2,19,22). The molecule has 0 aliphatic rings. The maximum atomic E-state index is 11.1. The molecule has 0 saturated heterocycles. The van der Waals surface area contributed by atoms with Crippen molar-refractivity contribution in [2.75, 3.05) is 0 Å². The first kappa shape index (κ1) is 13.6. The van der Waals surface area contributed by atoms with Gasteiger partial charge in [0, 0.05) is 24.2 Å². The first-order valence-electron chi connectivity index (χ1n) is 6.63. The summed E-state index contributed by atoms with van der Waals surface area (Å²) in [5.41, 5.74) is 7.91. The number of hydrogen-bond donors (Lipinski definition) is 1. The number of pyridine rings is 1. The third-order valence-corrected chi connectivity index (χ3v) is 3.33. The number of primary amides is 1. The molecular formula is C17H12N4O. The lowest BCUT2D eigenvalue weighted by atomic mass is 10.1. The highest BCUT2D eigenvalue weighted by atomic mass is 16.1. The molecule has 0 saturated carbocycles. The Morgan fingerprint density at radius 1 is 1.14 bits per heavy atom. The molecule has 5 nitrogen and oxygen atoms in total. The summed E-state index contributed by atoms with van der Waals surface area (Å²) in [4.78, 5) is 15.3. The molecule has 0 bridgehead atoms. The predicted octanol–water partition coefficient (Wildman–Crippen LogP) is 2.51. The van der Waals surface area contributed by atoms with Gasteiger partial charge in [0.15, 0.2) is 0 Å². The molecule has 2 heterocycles. The van der Waals surface area contributed by atoms with Crippen molar-refractivity contribution in [1.82, 2.24) is 9.55 Å². The van der Waals surface area contributed by atoms with Gasteiger partial charge in [0.1, 0.15) is 11.9 Å². The Hall–Kier alpha value is -3.39. The molecule has 2 aromatic heterocycles. The van der Waals surface area contributed by atoms with Gasteiger partial charge in [-0.25, -0.2) is 4.98 Å². The molecule has 3 rings (SSSR count). The Morgan fingerprint density at radius 2 is 1.91 bits per heavy atom. The highest BCUT2D eigenvalue weighted by molar-refractivity contribution is 5.92. The molecule has 22 heavy (non-hydrogen) atoms. The second kappa shape index (κ2) is 5.54. The van der Waals surface area contributed by atoms with Crippen LogP contribution in [0.1, 0.15) is 15.9 Å². The third-order valence-electron chi connectivity index (χ3n) is 3.33. The van der Waals surface area contributed by atoms with E-state index in [0.717, 1.165) is 11.1 Å². The molecular weight excluding hydrogens is 276 g/mol. The van der Waals surface area contributed by atoms with Crippen LogP contribution in [-0.2, 0) is 0 Å². The third kappa shape index (κ3) is 2.45. The molecule has 106 valence electrons. The van der Waals surface area contributed by atoms with Gasteiger partial charge in [-0.3, -0.25) is 4.79 Å². The summed E-state index contributed by atoms with van der Waals surface area (Å²) in [6.07, 6.45) is 4.99. The van der Waals surface area contributed by atoms with Crippen molar-refractivity contribution in [3.63, 3.8) is 0 Å². The van der Waals surface area contributed by atoms with Gasteiger partial charge >= 0.3 is 0 Å². The van der Waals surface area contributed by atoms with Crippen LogP contribution in [0.15, 0.2) is 61.1 Å². The van der Waals surface area contributed by atoms with Crippen molar-refractivity contribution in [3.05, 3.63) is 72.2 Å². The van der Waals surface area contributed by atoms with Crippen molar-refractivity contribution >= 4 is 5.91 Å². The molecule has 0 radical (unpaired) electrons. The first-order valence-corrected chi connectivity index (χ1v) is 6.63. The summed E-state index contributed by atoms with van der Waals surface area (Å²) in [5, 5.41) is 9.31. The SMILES string of the molecule is N#Cc1cn(-c2ccc(C(N)=O)cn2)cc1-c1ccccc1. The van der Waals surface area contributed by atoms with Crippen LogP contribution in [0.3, 0.4) is 0 Å². The van der Waals surface area contributed by atoms with Crippen molar-refractivity contribution < 1.29 is 4.79 Å². The summed E-state index contributed by atoms with van der Waals surface area (Å²) >= 11 is 0. The number of carbonyl (C=O) groups is 1. The normalized spacial score (nSPS) is 10.1. The molecule has 0 spiro atoms. The molecule has 0 fully saturated rings. The van der Waals surface area contributed by atoms with Gasteiger partial charge in [-0.15, -0.1) is 0 Å². The van der Waals surface area contributed by atoms with E-state index in [1.807, 2.05) is 36.5 Å². The van der Waals surface area contributed by atoms with Crippen LogP contribution in [0.5, 0.6) is 0 Å². The van der Waals surface area contributed by atoms with Gasteiger partial charge in [-0.2, -0.15) is 5.26 Å². The van der Waals surface area contributed by atoms with Crippen LogP contribution in [0.25, 0.3) is 16.9 Å². The number of nitrogens with zero attached hydrogens (tertiary/aromatic N) is 3. The zero-order valence-corrected chi connectivity index (χ0v) is 11.6. The lowest BCUT2D eigenvalue weighted by molar-refractivity contribution is 0.1000. The predicted molar refractivity (Wildman–Crippen MR) is 82.2 cm³/mol. The van der Waals surface area contributed by atoms with E-state index in [1.54, 1.807) is 22.9 Å². The van der Waals surface area contributed by atoms with E-state index in [1.165, 1.54) is 6.20 Å². The summed E-state index contributed by atoms with van der Waals surface area (Å²) in [7, 11) is 0. The molecule has 0 unspecified atom stereocenters. The molecule has 5 heteroatoms. The highest BCUT2D eigenvalue weighted by Crippen LogP contribution is 2.25. The maximum absolute atomic E-state index is 11.1. The number of amides is 1. The van der Waals surface area contributed by atoms with Crippen molar-refractivity contribution in [3.8, 4) is 23.0 Å². The average molecular weight is 288 g/mol. The van der Waals surface area contributed by atoms with Crippen molar-refractivity contribution in [1.29, 1.82) is 5.26 Å². The lowest BCUT2D eigenvalue weighted by Gasteiger charge is -2.02. The van der Waals surface area contributed by atoms with Crippen molar-refractivity contribution in [2.24, 2.45) is 5.73 Å². The molecule has 0 aliphatic carbocycles. The van der Waals surface area contributed by atoms with Gasteiger partial charge < -0.3 is 10.3 Å². The van der Waals surface area contributed by atoms with Crippen LogP contribution in [0.4, 0.5) is 0 Å². The monoisotopic (exact) mass is 288 g/mol. The topological polar surface area (TPSA) is 84.7 Å². The van der Waals surface area contributed by atoms with E-state index in [0.29, 0.717) is 16.9 Å². The smallest absolute Gasteiger partial charge is 0.250 e. The number of nitriles is 1. The van der Waals surface area contributed by atoms with Crippen molar-refractivity contribution in [2.45, 2.75) is 0 Å². The summed E-state index contributed by atoms with van der Waals surface area (Å²) in [5.74, 6) is 0.0953. The van der Waals surface area contributed by atoms with Gasteiger partial charge in [0.05, 0.1) is 11.1 Å². The van der Waals surface area contributed by atoms with E-state index in [2.05, 4.69) is 11.1 Å². The molecule has 0 aliphatic heterocycles. The zero-order valence-electron chi connectivity index (χ0n) is 11.6. The van der Waals surface area contributed by atoms with Crippen LogP contribution >= 0.6 is 0 Å². The fourth-order valence-corrected chi connectivity index (χ4v) is 2.21. The van der Waals surface area contributed by atoms with Crippen LogP contribution in [0.2, 0.25) is 0 Å². The second-order valence-corrected chi connectivity index (χ2v) is 4.74. The number of benzene rings is 1. The Labute approximate surface area is 127 Å². The minimum Gasteiger partial charge on any atom is -0.366 e. The number of rotatable bonds is 3. The average Bonchev–Trinajstić information content (AvgIpc) is 3.00. The fraction of sp³-hybridized carbons (Fsp3) is 0. The van der Waals surface area contributed by atoms with E-state index >= 15 is 0 Å². The number of hydrogen-bond acceptors (Lipinski definition) is 3. The Balaban J connectivity index is 2.04. The first-order chi connectivity index (χ1) is 10.7. The lowest BCUT2D eigenvalue weighted by Crippen LogP contribution is -2.11. The van der Waals surface area contributed by atoms with Crippen LogP contribution < -0.4 is 5.73 Å². The van der Waals surface area contributed by atoms with E-state index in [4.69, 9.17) is 5.73 Å². The zero-order chi connectivity index (χ0) is 15.5. The Kier molecular flexibility index (Phi) is 3.42.